The van der Waals surface area contributed by atoms with Crippen LogP contribution >= 0.6 is 11.3 Å². The highest BCUT2D eigenvalue weighted by Gasteiger charge is 2.27. The molecule has 3 rings (SSSR count). The zero-order valence-corrected chi connectivity index (χ0v) is 13.5. The smallest absolute Gasteiger partial charge is 0.224 e. The second-order valence-corrected chi connectivity index (χ2v) is 6.41. The molecule has 1 unspecified atom stereocenters. The standard InChI is InChI=1S/C15H21N5OS/c1-16-5-6-17-14(21)11-3-2-7-20(9-11)13-12-4-8-22-15(12)19-10-18-13/h4,8,10-11,16H,2-3,5-7,9H2,1H3,(H,17,21). The van der Waals surface area contributed by atoms with Gasteiger partial charge < -0.3 is 15.5 Å². The van der Waals surface area contributed by atoms with E-state index in [4.69, 9.17) is 0 Å². The van der Waals surface area contributed by atoms with Gasteiger partial charge in [0.25, 0.3) is 0 Å². The van der Waals surface area contributed by atoms with Gasteiger partial charge in [0.15, 0.2) is 0 Å². The lowest BCUT2D eigenvalue weighted by Gasteiger charge is -2.33. The first-order valence-electron chi connectivity index (χ1n) is 7.65. The molecule has 118 valence electrons. The van der Waals surface area contributed by atoms with Gasteiger partial charge in [-0.25, -0.2) is 9.97 Å². The van der Waals surface area contributed by atoms with Crippen molar-refractivity contribution >= 4 is 33.3 Å². The van der Waals surface area contributed by atoms with E-state index in [1.54, 1.807) is 17.7 Å². The quantitative estimate of drug-likeness (QED) is 0.812. The lowest BCUT2D eigenvalue weighted by molar-refractivity contribution is -0.125. The molecule has 7 heteroatoms. The second-order valence-electron chi connectivity index (χ2n) is 5.52. The number of fused-ring (bicyclic) bond motifs is 1. The van der Waals surface area contributed by atoms with Crippen molar-refractivity contribution in [1.29, 1.82) is 0 Å². The molecule has 1 saturated heterocycles. The van der Waals surface area contributed by atoms with Crippen molar-refractivity contribution in [2.75, 3.05) is 38.1 Å². The number of carbonyl (C=O) groups is 1. The Kier molecular flexibility index (Phi) is 4.84. The van der Waals surface area contributed by atoms with Crippen LogP contribution in [0.3, 0.4) is 0 Å². The molecule has 0 spiro atoms. The summed E-state index contributed by atoms with van der Waals surface area (Å²) in [6.07, 6.45) is 3.57. The van der Waals surface area contributed by atoms with Crippen LogP contribution in [-0.4, -0.2) is 49.1 Å². The molecule has 1 aliphatic rings. The molecule has 2 aromatic rings. The molecule has 0 aliphatic carbocycles. The third-order valence-electron chi connectivity index (χ3n) is 4.01. The van der Waals surface area contributed by atoms with Crippen molar-refractivity contribution in [3.8, 4) is 0 Å². The van der Waals surface area contributed by atoms with Crippen LogP contribution < -0.4 is 15.5 Å². The van der Waals surface area contributed by atoms with Gasteiger partial charge in [0.05, 0.1) is 11.3 Å². The topological polar surface area (TPSA) is 70.2 Å². The summed E-state index contributed by atoms with van der Waals surface area (Å²) in [7, 11) is 1.88. The number of nitrogens with one attached hydrogen (secondary N) is 2. The van der Waals surface area contributed by atoms with Crippen molar-refractivity contribution in [2.45, 2.75) is 12.8 Å². The van der Waals surface area contributed by atoms with Gasteiger partial charge in [-0.05, 0) is 31.3 Å². The Morgan fingerprint density at radius 1 is 1.45 bits per heavy atom. The number of hydrogen-bond acceptors (Lipinski definition) is 6. The summed E-state index contributed by atoms with van der Waals surface area (Å²) in [5.74, 6) is 1.14. The summed E-state index contributed by atoms with van der Waals surface area (Å²) in [5, 5.41) is 9.16. The van der Waals surface area contributed by atoms with Crippen LogP contribution in [0.4, 0.5) is 5.82 Å². The van der Waals surface area contributed by atoms with E-state index < -0.39 is 0 Å². The van der Waals surface area contributed by atoms with Crippen molar-refractivity contribution in [2.24, 2.45) is 5.92 Å². The molecule has 0 radical (unpaired) electrons. The van der Waals surface area contributed by atoms with E-state index in [-0.39, 0.29) is 11.8 Å². The van der Waals surface area contributed by atoms with Crippen molar-refractivity contribution < 1.29 is 4.79 Å². The molecule has 3 heterocycles. The highest BCUT2D eigenvalue weighted by Crippen LogP contribution is 2.29. The monoisotopic (exact) mass is 319 g/mol. The van der Waals surface area contributed by atoms with E-state index in [0.29, 0.717) is 6.54 Å². The molecule has 22 heavy (non-hydrogen) atoms. The van der Waals surface area contributed by atoms with Crippen LogP contribution in [0.2, 0.25) is 0 Å². The number of amides is 1. The molecule has 2 aromatic heterocycles. The fraction of sp³-hybridized carbons (Fsp3) is 0.533. The summed E-state index contributed by atoms with van der Waals surface area (Å²) in [4.78, 5) is 24.2. The Balaban J connectivity index is 1.70. The first-order valence-corrected chi connectivity index (χ1v) is 8.53. The SMILES string of the molecule is CNCCNC(=O)C1CCCN(c2ncnc3sccc23)C1. The number of carbonyl (C=O) groups excluding carboxylic acids is 1. The zero-order chi connectivity index (χ0) is 15.4. The van der Waals surface area contributed by atoms with E-state index >= 15 is 0 Å². The summed E-state index contributed by atoms with van der Waals surface area (Å²) < 4.78 is 0. The van der Waals surface area contributed by atoms with Crippen LogP contribution in [0.1, 0.15) is 12.8 Å². The predicted molar refractivity (Wildman–Crippen MR) is 89.3 cm³/mol. The van der Waals surface area contributed by atoms with Crippen LogP contribution in [0.5, 0.6) is 0 Å². The number of rotatable bonds is 5. The Morgan fingerprint density at radius 3 is 3.23 bits per heavy atom. The third kappa shape index (κ3) is 3.20. The second kappa shape index (κ2) is 7.02. The van der Waals surface area contributed by atoms with Crippen LogP contribution in [0.15, 0.2) is 17.8 Å². The van der Waals surface area contributed by atoms with Crippen LogP contribution in [-0.2, 0) is 4.79 Å². The summed E-state index contributed by atoms with van der Waals surface area (Å²) in [5.41, 5.74) is 0. The Hall–Kier alpha value is -1.73. The number of hydrogen-bond donors (Lipinski definition) is 2. The molecule has 1 aliphatic heterocycles. The molecular formula is C15H21N5OS. The highest BCUT2D eigenvalue weighted by atomic mass is 32.1. The molecule has 0 bridgehead atoms. The predicted octanol–water partition coefficient (Wildman–Crippen LogP) is 1.24. The van der Waals surface area contributed by atoms with E-state index in [2.05, 4.69) is 31.6 Å². The first kappa shape index (κ1) is 15.2. The van der Waals surface area contributed by atoms with Gasteiger partial charge in [-0.2, -0.15) is 0 Å². The van der Waals surface area contributed by atoms with Gasteiger partial charge in [0.2, 0.25) is 5.91 Å². The molecule has 0 saturated carbocycles. The fourth-order valence-corrected chi connectivity index (χ4v) is 3.59. The maximum atomic E-state index is 12.3. The van der Waals surface area contributed by atoms with E-state index in [1.165, 1.54) is 0 Å². The number of thiophene rings is 1. The molecule has 1 amide bonds. The lowest BCUT2D eigenvalue weighted by atomic mass is 9.97. The Labute approximate surface area is 133 Å². The molecule has 1 atom stereocenters. The van der Waals surface area contributed by atoms with E-state index in [9.17, 15) is 4.79 Å². The summed E-state index contributed by atoms with van der Waals surface area (Å²) in [6.45, 7) is 3.15. The summed E-state index contributed by atoms with van der Waals surface area (Å²) >= 11 is 1.62. The number of piperidine rings is 1. The van der Waals surface area contributed by atoms with Crippen molar-refractivity contribution in [3.05, 3.63) is 17.8 Å². The largest absolute Gasteiger partial charge is 0.355 e. The van der Waals surface area contributed by atoms with E-state index in [1.807, 2.05) is 12.4 Å². The first-order chi connectivity index (χ1) is 10.8. The Morgan fingerprint density at radius 2 is 2.36 bits per heavy atom. The van der Waals surface area contributed by atoms with Gasteiger partial charge in [0.1, 0.15) is 17.0 Å². The van der Waals surface area contributed by atoms with Gasteiger partial charge in [0, 0.05) is 26.2 Å². The van der Waals surface area contributed by atoms with Crippen molar-refractivity contribution in [3.63, 3.8) is 0 Å². The fourth-order valence-electron chi connectivity index (χ4n) is 2.87. The molecular weight excluding hydrogens is 298 g/mol. The maximum absolute atomic E-state index is 12.3. The average Bonchev–Trinajstić information content (AvgIpc) is 3.03. The lowest BCUT2D eigenvalue weighted by Crippen LogP contribution is -2.44. The van der Waals surface area contributed by atoms with Gasteiger partial charge in [-0.1, -0.05) is 0 Å². The molecule has 0 aromatic carbocycles. The van der Waals surface area contributed by atoms with Crippen molar-refractivity contribution in [1.82, 2.24) is 20.6 Å². The van der Waals surface area contributed by atoms with Gasteiger partial charge in [-0.3, -0.25) is 4.79 Å². The molecule has 6 nitrogen and oxygen atoms in total. The number of likely N-dealkylation sites (N-methyl/N-ethyl adjacent to an activating group) is 1. The minimum absolute atomic E-state index is 0.0363. The minimum Gasteiger partial charge on any atom is -0.355 e. The normalized spacial score (nSPS) is 18.6. The third-order valence-corrected chi connectivity index (χ3v) is 4.83. The van der Waals surface area contributed by atoms with Crippen LogP contribution in [0.25, 0.3) is 10.2 Å². The number of aromatic nitrogens is 2. The zero-order valence-electron chi connectivity index (χ0n) is 12.7. The Bertz CT molecular complexity index is 644. The van der Waals surface area contributed by atoms with E-state index in [0.717, 1.165) is 48.5 Å². The number of anilines is 1. The van der Waals surface area contributed by atoms with Gasteiger partial charge >= 0.3 is 0 Å². The summed E-state index contributed by atoms with van der Waals surface area (Å²) in [6, 6.07) is 2.06. The average molecular weight is 319 g/mol. The molecule has 2 N–H and O–H groups in total. The van der Waals surface area contributed by atoms with Crippen LogP contribution in [0, 0.1) is 5.92 Å². The highest BCUT2D eigenvalue weighted by molar-refractivity contribution is 7.16. The number of nitrogens with zero attached hydrogens (tertiary/aromatic N) is 3. The van der Waals surface area contributed by atoms with Gasteiger partial charge in [-0.15, -0.1) is 11.3 Å². The molecule has 1 fully saturated rings. The minimum atomic E-state index is 0.0363. The maximum Gasteiger partial charge on any atom is 0.224 e.